The summed E-state index contributed by atoms with van der Waals surface area (Å²) in [6, 6.07) is 6.38. The minimum absolute atomic E-state index is 0.0963. The first-order valence-corrected chi connectivity index (χ1v) is 9.39. The number of carbonyl (C=O) groups is 2. The molecule has 2 amide bonds. The van der Waals surface area contributed by atoms with Crippen LogP contribution in [0.4, 0.5) is 10.5 Å². The molecule has 1 unspecified atom stereocenters. The van der Waals surface area contributed by atoms with Crippen molar-refractivity contribution in [1.29, 1.82) is 0 Å². The number of rotatable bonds is 6. The highest BCUT2D eigenvalue weighted by atomic mass is 16.2. The number of nitrogens with zero attached hydrogens (tertiary/aromatic N) is 4. The SMILES string of the molecule is Cn1ccnc1C(=O)c1ccc(NC(=O)NC(Cn2ccnc2)C(C)(C)C)cc1. The van der Waals surface area contributed by atoms with Crippen molar-refractivity contribution in [3.63, 3.8) is 0 Å². The fraction of sp³-hybridized carbons (Fsp3) is 0.333. The molecular formula is C21H26N6O2. The van der Waals surface area contributed by atoms with Crippen LogP contribution in [-0.2, 0) is 13.6 Å². The number of ketones is 1. The molecule has 2 aromatic heterocycles. The maximum Gasteiger partial charge on any atom is 0.319 e. The lowest BCUT2D eigenvalue weighted by Crippen LogP contribution is -2.47. The van der Waals surface area contributed by atoms with Gasteiger partial charge in [-0.05, 0) is 29.7 Å². The van der Waals surface area contributed by atoms with Gasteiger partial charge in [0.25, 0.3) is 0 Å². The molecule has 8 nitrogen and oxygen atoms in total. The molecule has 152 valence electrons. The molecule has 8 heteroatoms. The maximum absolute atomic E-state index is 12.5. The third-order valence-corrected chi connectivity index (χ3v) is 4.73. The second-order valence-corrected chi connectivity index (χ2v) is 8.04. The van der Waals surface area contributed by atoms with Gasteiger partial charge in [-0.2, -0.15) is 0 Å². The Hall–Kier alpha value is -3.42. The Balaban J connectivity index is 1.63. The minimum atomic E-state index is -0.298. The van der Waals surface area contributed by atoms with Crippen molar-refractivity contribution in [3.8, 4) is 0 Å². The molecule has 29 heavy (non-hydrogen) atoms. The lowest BCUT2D eigenvalue weighted by molar-refractivity contribution is 0.102. The number of nitrogens with one attached hydrogen (secondary N) is 2. The van der Waals surface area contributed by atoms with Crippen LogP contribution >= 0.6 is 0 Å². The zero-order valence-corrected chi connectivity index (χ0v) is 17.1. The molecule has 0 radical (unpaired) electrons. The van der Waals surface area contributed by atoms with Crippen molar-refractivity contribution in [3.05, 3.63) is 66.8 Å². The van der Waals surface area contributed by atoms with Gasteiger partial charge in [0.2, 0.25) is 5.78 Å². The van der Waals surface area contributed by atoms with Crippen molar-refractivity contribution in [1.82, 2.24) is 24.4 Å². The van der Waals surface area contributed by atoms with Crippen LogP contribution in [0.25, 0.3) is 0 Å². The Morgan fingerprint density at radius 1 is 1.10 bits per heavy atom. The van der Waals surface area contributed by atoms with E-state index in [1.165, 1.54) is 0 Å². The summed E-state index contributed by atoms with van der Waals surface area (Å²) in [4.78, 5) is 33.1. The van der Waals surface area contributed by atoms with E-state index < -0.39 is 0 Å². The summed E-state index contributed by atoms with van der Waals surface area (Å²) in [5.41, 5.74) is 0.979. The predicted molar refractivity (Wildman–Crippen MR) is 111 cm³/mol. The van der Waals surface area contributed by atoms with Crippen LogP contribution in [0, 0.1) is 5.41 Å². The second-order valence-electron chi connectivity index (χ2n) is 8.04. The number of amides is 2. The van der Waals surface area contributed by atoms with E-state index in [1.54, 1.807) is 60.8 Å². The Bertz CT molecular complexity index is 968. The molecule has 3 rings (SSSR count). The van der Waals surface area contributed by atoms with Crippen LogP contribution in [0.5, 0.6) is 0 Å². The van der Waals surface area contributed by atoms with E-state index in [0.717, 1.165) is 0 Å². The molecule has 0 aliphatic heterocycles. The van der Waals surface area contributed by atoms with E-state index in [1.807, 2.05) is 10.8 Å². The number of aromatic nitrogens is 4. The molecule has 2 heterocycles. The second kappa shape index (κ2) is 8.30. The summed E-state index contributed by atoms with van der Waals surface area (Å²) in [6.07, 6.45) is 8.63. The Kier molecular flexibility index (Phi) is 5.81. The standard InChI is InChI=1S/C21H26N6O2/c1-21(2,3)17(13-27-12-9-22-14-27)25-20(29)24-16-7-5-15(6-8-16)18(28)19-23-10-11-26(19)4/h5-12,14,17H,13H2,1-4H3,(H2,24,25,29). The third-order valence-electron chi connectivity index (χ3n) is 4.73. The first-order valence-electron chi connectivity index (χ1n) is 9.39. The van der Waals surface area contributed by atoms with Gasteiger partial charge in [0.05, 0.1) is 12.4 Å². The average molecular weight is 394 g/mol. The molecule has 0 aliphatic rings. The number of aryl methyl sites for hydroxylation is 1. The number of hydrogen-bond acceptors (Lipinski definition) is 4. The van der Waals surface area contributed by atoms with Gasteiger partial charge in [-0.3, -0.25) is 4.79 Å². The summed E-state index contributed by atoms with van der Waals surface area (Å²) >= 11 is 0. The molecule has 1 aromatic carbocycles. The minimum Gasteiger partial charge on any atom is -0.335 e. The Labute approximate surface area is 170 Å². The molecule has 0 spiro atoms. The molecule has 0 saturated heterocycles. The quantitative estimate of drug-likeness (QED) is 0.628. The highest BCUT2D eigenvalue weighted by Gasteiger charge is 2.26. The van der Waals surface area contributed by atoms with Crippen molar-refractivity contribution in [2.45, 2.75) is 33.4 Å². The molecule has 0 bridgehead atoms. The van der Waals surface area contributed by atoms with Crippen molar-refractivity contribution in [2.24, 2.45) is 12.5 Å². The van der Waals surface area contributed by atoms with Gasteiger partial charge in [-0.1, -0.05) is 20.8 Å². The molecule has 0 saturated carbocycles. The van der Waals surface area contributed by atoms with Gasteiger partial charge in [0.1, 0.15) is 0 Å². The summed E-state index contributed by atoms with van der Waals surface area (Å²) in [7, 11) is 1.77. The number of anilines is 1. The van der Waals surface area contributed by atoms with Gasteiger partial charge >= 0.3 is 6.03 Å². The van der Waals surface area contributed by atoms with Crippen LogP contribution < -0.4 is 10.6 Å². The van der Waals surface area contributed by atoms with Crippen LogP contribution in [0.15, 0.2) is 55.4 Å². The normalized spacial score (nSPS) is 12.4. The maximum atomic E-state index is 12.5. The Morgan fingerprint density at radius 2 is 1.83 bits per heavy atom. The average Bonchev–Trinajstić information content (AvgIpc) is 3.32. The van der Waals surface area contributed by atoms with E-state index in [9.17, 15) is 9.59 Å². The number of urea groups is 1. The Morgan fingerprint density at radius 3 is 2.38 bits per heavy atom. The van der Waals surface area contributed by atoms with E-state index >= 15 is 0 Å². The molecule has 2 N–H and O–H groups in total. The van der Waals surface area contributed by atoms with Gasteiger partial charge in [-0.15, -0.1) is 0 Å². The van der Waals surface area contributed by atoms with Gasteiger partial charge in [0.15, 0.2) is 5.82 Å². The fourth-order valence-electron chi connectivity index (χ4n) is 2.89. The highest BCUT2D eigenvalue weighted by Crippen LogP contribution is 2.21. The lowest BCUT2D eigenvalue weighted by atomic mass is 9.86. The lowest BCUT2D eigenvalue weighted by Gasteiger charge is -2.31. The number of hydrogen-bond donors (Lipinski definition) is 2. The van der Waals surface area contributed by atoms with Gasteiger partial charge in [-0.25, -0.2) is 14.8 Å². The number of benzene rings is 1. The first kappa shape index (κ1) is 20.3. The van der Waals surface area contributed by atoms with Crippen molar-refractivity contribution in [2.75, 3.05) is 5.32 Å². The smallest absolute Gasteiger partial charge is 0.319 e. The molecule has 3 aromatic rings. The van der Waals surface area contributed by atoms with Crippen LogP contribution in [0.2, 0.25) is 0 Å². The van der Waals surface area contributed by atoms with E-state index in [4.69, 9.17) is 0 Å². The molecular weight excluding hydrogens is 368 g/mol. The van der Waals surface area contributed by atoms with Crippen molar-refractivity contribution < 1.29 is 9.59 Å². The molecule has 0 fully saturated rings. The highest BCUT2D eigenvalue weighted by molar-refractivity contribution is 6.07. The van der Waals surface area contributed by atoms with Crippen LogP contribution in [-0.4, -0.2) is 37.0 Å². The molecule has 1 atom stereocenters. The monoisotopic (exact) mass is 394 g/mol. The zero-order valence-electron chi connectivity index (χ0n) is 17.1. The molecule has 0 aliphatic carbocycles. The number of carbonyl (C=O) groups excluding carboxylic acids is 2. The summed E-state index contributed by atoms with van der Waals surface area (Å²) in [5.74, 6) is 0.206. The number of imidazole rings is 2. The summed E-state index contributed by atoms with van der Waals surface area (Å²) in [5, 5.41) is 5.86. The first-order chi connectivity index (χ1) is 13.7. The van der Waals surface area contributed by atoms with Gasteiger partial charge < -0.3 is 19.8 Å². The third kappa shape index (κ3) is 5.10. The topological polar surface area (TPSA) is 93.8 Å². The van der Waals surface area contributed by atoms with E-state index in [2.05, 4.69) is 41.4 Å². The van der Waals surface area contributed by atoms with Crippen LogP contribution in [0.1, 0.15) is 37.0 Å². The zero-order chi connectivity index (χ0) is 21.0. The van der Waals surface area contributed by atoms with E-state index in [0.29, 0.717) is 23.6 Å². The van der Waals surface area contributed by atoms with E-state index in [-0.39, 0.29) is 23.3 Å². The fourth-order valence-corrected chi connectivity index (χ4v) is 2.89. The summed E-state index contributed by atoms with van der Waals surface area (Å²) in [6.45, 7) is 6.85. The largest absolute Gasteiger partial charge is 0.335 e. The van der Waals surface area contributed by atoms with Crippen molar-refractivity contribution >= 4 is 17.5 Å². The predicted octanol–water partition coefficient (Wildman–Crippen LogP) is 3.08. The van der Waals surface area contributed by atoms with Crippen LogP contribution in [0.3, 0.4) is 0 Å². The summed E-state index contributed by atoms with van der Waals surface area (Å²) < 4.78 is 3.61. The van der Waals surface area contributed by atoms with Gasteiger partial charge in [0, 0.05) is 49.6 Å².